The summed E-state index contributed by atoms with van der Waals surface area (Å²) in [5.41, 5.74) is 1.03. The zero-order chi connectivity index (χ0) is 9.68. The van der Waals surface area contributed by atoms with Gasteiger partial charge >= 0.3 is 0 Å². The Morgan fingerprint density at radius 2 is 2.00 bits per heavy atom. The summed E-state index contributed by atoms with van der Waals surface area (Å²) in [7, 11) is 0. The van der Waals surface area contributed by atoms with Crippen LogP contribution in [0.5, 0.6) is 0 Å². The largest absolute Gasteiger partial charge is 0.298 e. The van der Waals surface area contributed by atoms with Crippen molar-refractivity contribution < 1.29 is 4.79 Å². The first-order chi connectivity index (χ1) is 6.22. The molecule has 70 valence electrons. The van der Waals surface area contributed by atoms with Gasteiger partial charge in [0.2, 0.25) is 0 Å². The van der Waals surface area contributed by atoms with Gasteiger partial charge in [-0.3, -0.25) is 4.79 Å². The summed E-state index contributed by atoms with van der Waals surface area (Å²) in [6, 6.07) is 7.40. The SMILES string of the molecule is CSCC(=O)Cc1ccc(Cl)cc1. The lowest BCUT2D eigenvalue weighted by atomic mass is 10.1. The highest BCUT2D eigenvalue weighted by molar-refractivity contribution is 7.99. The lowest BCUT2D eigenvalue weighted by Crippen LogP contribution is -2.04. The molecule has 0 amide bonds. The third-order valence-corrected chi connectivity index (χ3v) is 2.48. The van der Waals surface area contributed by atoms with Gasteiger partial charge < -0.3 is 0 Å². The van der Waals surface area contributed by atoms with Crippen LogP contribution in [-0.4, -0.2) is 17.8 Å². The molecule has 0 spiro atoms. The maximum Gasteiger partial charge on any atom is 0.147 e. The minimum absolute atomic E-state index is 0.259. The molecule has 0 heterocycles. The van der Waals surface area contributed by atoms with E-state index in [1.807, 2.05) is 30.5 Å². The minimum atomic E-state index is 0.259. The van der Waals surface area contributed by atoms with Gasteiger partial charge in [-0.2, -0.15) is 11.8 Å². The summed E-state index contributed by atoms with van der Waals surface area (Å²) < 4.78 is 0. The van der Waals surface area contributed by atoms with Crippen molar-refractivity contribution in [2.45, 2.75) is 6.42 Å². The fourth-order valence-corrected chi connectivity index (χ4v) is 1.59. The molecule has 13 heavy (non-hydrogen) atoms. The molecule has 1 aromatic rings. The highest BCUT2D eigenvalue weighted by Crippen LogP contribution is 2.10. The van der Waals surface area contributed by atoms with Gasteiger partial charge in [0.25, 0.3) is 0 Å². The molecule has 0 N–H and O–H groups in total. The van der Waals surface area contributed by atoms with Crippen LogP contribution in [0.2, 0.25) is 5.02 Å². The Kier molecular flexibility index (Phi) is 4.33. The summed E-state index contributed by atoms with van der Waals surface area (Å²) in [5.74, 6) is 0.845. The molecule has 0 saturated heterocycles. The number of hydrogen-bond donors (Lipinski definition) is 0. The van der Waals surface area contributed by atoms with Crippen molar-refractivity contribution in [2.24, 2.45) is 0 Å². The molecule has 3 heteroatoms. The van der Waals surface area contributed by atoms with Gasteiger partial charge in [-0.25, -0.2) is 0 Å². The predicted molar refractivity (Wildman–Crippen MR) is 58.5 cm³/mol. The van der Waals surface area contributed by atoms with Crippen molar-refractivity contribution in [1.82, 2.24) is 0 Å². The number of rotatable bonds is 4. The van der Waals surface area contributed by atoms with Crippen molar-refractivity contribution in [3.8, 4) is 0 Å². The van der Waals surface area contributed by atoms with Gasteiger partial charge in [0.1, 0.15) is 5.78 Å². The van der Waals surface area contributed by atoms with Crippen LogP contribution in [0, 0.1) is 0 Å². The lowest BCUT2D eigenvalue weighted by molar-refractivity contribution is -0.115. The third-order valence-electron chi connectivity index (χ3n) is 1.62. The van der Waals surface area contributed by atoms with Crippen LogP contribution in [-0.2, 0) is 11.2 Å². The van der Waals surface area contributed by atoms with E-state index in [4.69, 9.17) is 11.6 Å². The molecular weight excluding hydrogens is 204 g/mol. The number of thioether (sulfide) groups is 1. The number of halogens is 1. The number of carbonyl (C=O) groups excluding carboxylic acids is 1. The molecule has 0 bridgehead atoms. The second-order valence-electron chi connectivity index (χ2n) is 2.77. The maximum absolute atomic E-state index is 11.2. The number of Topliss-reactive ketones (excluding diaryl/α,β-unsaturated/α-hetero) is 1. The molecule has 0 aliphatic rings. The molecule has 0 saturated carbocycles. The highest BCUT2D eigenvalue weighted by atomic mass is 35.5. The van der Waals surface area contributed by atoms with E-state index in [1.165, 1.54) is 0 Å². The van der Waals surface area contributed by atoms with Crippen LogP contribution < -0.4 is 0 Å². The molecule has 0 aliphatic carbocycles. The van der Waals surface area contributed by atoms with Crippen molar-refractivity contribution in [3.63, 3.8) is 0 Å². The van der Waals surface area contributed by atoms with E-state index in [9.17, 15) is 4.79 Å². The maximum atomic E-state index is 11.2. The molecule has 1 rings (SSSR count). The van der Waals surface area contributed by atoms with Gasteiger partial charge in [-0.05, 0) is 24.0 Å². The topological polar surface area (TPSA) is 17.1 Å². The zero-order valence-corrected chi connectivity index (χ0v) is 8.99. The molecule has 1 aromatic carbocycles. The predicted octanol–water partition coefficient (Wildman–Crippen LogP) is 2.81. The summed E-state index contributed by atoms with van der Waals surface area (Å²) in [6.45, 7) is 0. The molecule has 0 fully saturated rings. The standard InChI is InChI=1S/C10H11ClOS/c1-13-7-10(12)6-8-2-4-9(11)5-3-8/h2-5H,6-7H2,1H3. The van der Waals surface area contributed by atoms with E-state index in [0.717, 1.165) is 5.56 Å². The molecular formula is C10H11ClOS. The number of benzene rings is 1. The Morgan fingerprint density at radius 1 is 1.38 bits per heavy atom. The normalized spacial score (nSPS) is 10.0. The van der Waals surface area contributed by atoms with E-state index in [2.05, 4.69) is 0 Å². The monoisotopic (exact) mass is 214 g/mol. The molecule has 0 aliphatic heterocycles. The molecule has 0 unspecified atom stereocenters. The van der Waals surface area contributed by atoms with Crippen LogP contribution in [0.4, 0.5) is 0 Å². The summed E-state index contributed by atoms with van der Waals surface area (Å²) in [5, 5.41) is 0.709. The van der Waals surface area contributed by atoms with E-state index in [0.29, 0.717) is 17.2 Å². The summed E-state index contributed by atoms with van der Waals surface area (Å²) in [4.78, 5) is 11.2. The van der Waals surface area contributed by atoms with E-state index in [1.54, 1.807) is 11.8 Å². The minimum Gasteiger partial charge on any atom is -0.298 e. The van der Waals surface area contributed by atoms with Crippen molar-refractivity contribution in [3.05, 3.63) is 34.9 Å². The molecule has 0 aromatic heterocycles. The number of ketones is 1. The fourth-order valence-electron chi connectivity index (χ4n) is 1.04. The van der Waals surface area contributed by atoms with E-state index < -0.39 is 0 Å². The first kappa shape index (κ1) is 10.6. The van der Waals surface area contributed by atoms with Gasteiger partial charge in [-0.15, -0.1) is 0 Å². The van der Waals surface area contributed by atoms with Crippen molar-refractivity contribution >= 4 is 29.1 Å². The highest BCUT2D eigenvalue weighted by Gasteiger charge is 2.01. The van der Waals surface area contributed by atoms with Gasteiger partial charge in [-0.1, -0.05) is 23.7 Å². The molecule has 1 nitrogen and oxygen atoms in total. The second kappa shape index (κ2) is 5.30. The van der Waals surface area contributed by atoms with E-state index >= 15 is 0 Å². The first-order valence-electron chi connectivity index (χ1n) is 3.97. The van der Waals surface area contributed by atoms with Crippen LogP contribution in [0.1, 0.15) is 5.56 Å². The van der Waals surface area contributed by atoms with Gasteiger partial charge in [0, 0.05) is 11.4 Å². The van der Waals surface area contributed by atoms with Crippen LogP contribution in [0.15, 0.2) is 24.3 Å². The third kappa shape index (κ3) is 3.83. The van der Waals surface area contributed by atoms with E-state index in [-0.39, 0.29) is 5.78 Å². The Labute approximate surface area is 87.5 Å². The Hall–Kier alpha value is -0.470. The first-order valence-corrected chi connectivity index (χ1v) is 5.74. The Morgan fingerprint density at radius 3 is 2.54 bits per heavy atom. The van der Waals surface area contributed by atoms with Gasteiger partial charge in [0.15, 0.2) is 0 Å². The lowest BCUT2D eigenvalue weighted by Gasteiger charge is -1.99. The van der Waals surface area contributed by atoms with Crippen LogP contribution >= 0.6 is 23.4 Å². The fraction of sp³-hybridized carbons (Fsp3) is 0.300. The average molecular weight is 215 g/mol. The summed E-state index contributed by atoms with van der Waals surface area (Å²) >= 11 is 7.28. The van der Waals surface area contributed by atoms with Crippen molar-refractivity contribution in [2.75, 3.05) is 12.0 Å². The number of hydrogen-bond acceptors (Lipinski definition) is 2. The zero-order valence-electron chi connectivity index (χ0n) is 7.42. The summed E-state index contributed by atoms with van der Waals surface area (Å²) in [6.07, 6.45) is 2.44. The molecule has 0 atom stereocenters. The Balaban J connectivity index is 2.54. The van der Waals surface area contributed by atoms with Gasteiger partial charge in [0.05, 0.1) is 5.75 Å². The Bertz CT molecular complexity index is 281. The second-order valence-corrected chi connectivity index (χ2v) is 4.08. The van der Waals surface area contributed by atoms with Crippen LogP contribution in [0.3, 0.4) is 0 Å². The quantitative estimate of drug-likeness (QED) is 0.767. The van der Waals surface area contributed by atoms with Crippen molar-refractivity contribution in [1.29, 1.82) is 0 Å². The average Bonchev–Trinajstić information content (AvgIpc) is 2.09. The smallest absolute Gasteiger partial charge is 0.147 e. The molecule has 0 radical (unpaired) electrons. The van der Waals surface area contributed by atoms with Crippen LogP contribution in [0.25, 0.3) is 0 Å². The number of carbonyl (C=O) groups is 1.